The lowest BCUT2D eigenvalue weighted by Gasteiger charge is -2.28. The third kappa shape index (κ3) is 5.14. The minimum atomic E-state index is -1.03. The number of hydrogen-bond donors (Lipinski definition) is 1. The van der Waals surface area contributed by atoms with Crippen molar-refractivity contribution in [3.05, 3.63) is 59.9 Å². The van der Waals surface area contributed by atoms with Gasteiger partial charge in [-0.15, -0.1) is 11.8 Å². The van der Waals surface area contributed by atoms with Crippen LogP contribution in [0.25, 0.3) is 0 Å². The molecule has 0 fully saturated rings. The number of carbonyl (C=O) groups excluding carboxylic acids is 3. The largest absolute Gasteiger partial charge is 0.451 e. The molecular weight excluding hydrogens is 395 g/mol. The molecule has 8 heteroatoms. The van der Waals surface area contributed by atoms with E-state index in [-0.39, 0.29) is 30.1 Å². The summed E-state index contributed by atoms with van der Waals surface area (Å²) in [7, 11) is 0. The maximum absolute atomic E-state index is 13.0. The van der Waals surface area contributed by atoms with Crippen LogP contribution < -0.4 is 10.2 Å². The number of carbonyl (C=O) groups is 3. The van der Waals surface area contributed by atoms with E-state index in [2.05, 4.69) is 5.32 Å². The van der Waals surface area contributed by atoms with E-state index in [1.54, 1.807) is 31.2 Å². The lowest BCUT2D eigenvalue weighted by molar-refractivity contribution is -0.154. The molecule has 2 aromatic rings. The molecule has 2 unspecified atom stereocenters. The van der Waals surface area contributed by atoms with Crippen molar-refractivity contribution in [3.8, 4) is 0 Å². The van der Waals surface area contributed by atoms with Crippen LogP contribution in [0.1, 0.15) is 25.5 Å². The molecule has 0 bridgehead atoms. The van der Waals surface area contributed by atoms with Crippen molar-refractivity contribution in [1.82, 2.24) is 5.32 Å². The van der Waals surface area contributed by atoms with E-state index in [1.165, 1.54) is 35.7 Å². The zero-order valence-corrected chi connectivity index (χ0v) is 16.9. The van der Waals surface area contributed by atoms with Crippen molar-refractivity contribution < 1.29 is 23.5 Å². The molecule has 2 amide bonds. The predicted octanol–water partition coefficient (Wildman–Crippen LogP) is 3.07. The molecule has 6 nitrogen and oxygen atoms in total. The second-order valence-electron chi connectivity index (χ2n) is 6.65. The van der Waals surface area contributed by atoms with Gasteiger partial charge in [-0.25, -0.2) is 4.39 Å². The Bertz CT molecular complexity index is 919. The average Bonchev–Trinajstić information content (AvgIpc) is 2.70. The minimum absolute atomic E-state index is 0.187. The Morgan fingerprint density at radius 3 is 2.59 bits per heavy atom. The first kappa shape index (κ1) is 20.9. The normalized spacial score (nSPS) is 15.3. The van der Waals surface area contributed by atoms with Crippen LogP contribution in [0, 0.1) is 5.82 Å². The number of anilines is 1. The van der Waals surface area contributed by atoms with Crippen LogP contribution in [0.3, 0.4) is 0 Å². The van der Waals surface area contributed by atoms with E-state index in [4.69, 9.17) is 4.74 Å². The van der Waals surface area contributed by atoms with E-state index < -0.39 is 18.0 Å². The van der Waals surface area contributed by atoms with Gasteiger partial charge in [-0.2, -0.15) is 0 Å². The molecule has 29 heavy (non-hydrogen) atoms. The molecule has 2 atom stereocenters. The molecule has 0 saturated heterocycles. The summed E-state index contributed by atoms with van der Waals surface area (Å²) in [6, 6.07) is 12.7. The van der Waals surface area contributed by atoms with Gasteiger partial charge in [0.2, 0.25) is 5.91 Å². The number of fused-ring (bicyclic) bond motifs is 1. The Kier molecular flexibility index (Phi) is 6.53. The summed E-state index contributed by atoms with van der Waals surface area (Å²) in [6.07, 6.45) is -1.03. The van der Waals surface area contributed by atoms with Gasteiger partial charge in [-0.05, 0) is 43.7 Å². The topological polar surface area (TPSA) is 75.7 Å². The fourth-order valence-corrected chi connectivity index (χ4v) is 3.85. The molecule has 2 aromatic carbocycles. The smallest absolute Gasteiger partial charge is 0.326 e. The van der Waals surface area contributed by atoms with Crippen LogP contribution in [-0.2, 0) is 19.1 Å². The maximum atomic E-state index is 13.0. The first-order valence-corrected chi connectivity index (χ1v) is 10.1. The van der Waals surface area contributed by atoms with Gasteiger partial charge >= 0.3 is 5.97 Å². The van der Waals surface area contributed by atoms with Gasteiger partial charge < -0.3 is 10.1 Å². The van der Waals surface area contributed by atoms with Gasteiger partial charge in [0.05, 0.1) is 17.5 Å². The van der Waals surface area contributed by atoms with Crippen LogP contribution in [0.15, 0.2) is 53.4 Å². The molecule has 1 aliphatic heterocycles. The number of benzene rings is 2. The quantitative estimate of drug-likeness (QED) is 0.733. The SMILES string of the molecule is CC(OC(=O)CN1C(=O)CSc2ccccc21)C(=O)NC(C)c1ccc(F)cc1. The third-order valence-electron chi connectivity index (χ3n) is 4.50. The van der Waals surface area contributed by atoms with E-state index >= 15 is 0 Å². The summed E-state index contributed by atoms with van der Waals surface area (Å²) >= 11 is 1.42. The number of rotatable bonds is 6. The van der Waals surface area contributed by atoms with E-state index in [1.807, 2.05) is 12.1 Å². The minimum Gasteiger partial charge on any atom is -0.451 e. The Morgan fingerprint density at radius 2 is 1.86 bits per heavy atom. The molecule has 0 spiro atoms. The Balaban J connectivity index is 1.57. The molecule has 0 radical (unpaired) electrons. The summed E-state index contributed by atoms with van der Waals surface area (Å²) in [6.45, 7) is 2.95. The molecule has 152 valence electrons. The highest BCUT2D eigenvalue weighted by Crippen LogP contribution is 2.34. The van der Waals surface area contributed by atoms with Crippen LogP contribution >= 0.6 is 11.8 Å². The number of hydrogen-bond acceptors (Lipinski definition) is 5. The highest BCUT2D eigenvalue weighted by Gasteiger charge is 2.28. The summed E-state index contributed by atoms with van der Waals surface area (Å²) in [5.74, 6) is -1.45. The fraction of sp³-hybridized carbons (Fsp3) is 0.286. The van der Waals surface area contributed by atoms with Gasteiger partial charge in [0, 0.05) is 4.90 Å². The maximum Gasteiger partial charge on any atom is 0.326 e. The van der Waals surface area contributed by atoms with Gasteiger partial charge in [0.1, 0.15) is 12.4 Å². The van der Waals surface area contributed by atoms with Crippen LogP contribution in [0.4, 0.5) is 10.1 Å². The second-order valence-corrected chi connectivity index (χ2v) is 7.67. The first-order chi connectivity index (χ1) is 13.8. The van der Waals surface area contributed by atoms with E-state index in [9.17, 15) is 18.8 Å². The van der Waals surface area contributed by atoms with E-state index in [0.29, 0.717) is 5.69 Å². The highest BCUT2D eigenvalue weighted by atomic mass is 32.2. The summed E-state index contributed by atoms with van der Waals surface area (Å²) < 4.78 is 18.2. The van der Waals surface area contributed by atoms with Crippen molar-refractivity contribution in [2.24, 2.45) is 0 Å². The average molecular weight is 416 g/mol. The van der Waals surface area contributed by atoms with Gasteiger partial charge in [-0.3, -0.25) is 19.3 Å². The Labute approximate surface area is 172 Å². The van der Waals surface area contributed by atoms with Crippen LogP contribution in [0.2, 0.25) is 0 Å². The molecule has 3 rings (SSSR count). The third-order valence-corrected chi connectivity index (χ3v) is 5.55. The van der Waals surface area contributed by atoms with Crippen molar-refractivity contribution in [2.45, 2.75) is 30.9 Å². The lowest BCUT2D eigenvalue weighted by atomic mass is 10.1. The first-order valence-electron chi connectivity index (χ1n) is 9.12. The zero-order chi connectivity index (χ0) is 21.0. The molecule has 1 N–H and O–H groups in total. The van der Waals surface area contributed by atoms with E-state index in [0.717, 1.165) is 10.5 Å². The van der Waals surface area contributed by atoms with Gasteiger partial charge in [-0.1, -0.05) is 24.3 Å². The Hall–Kier alpha value is -2.87. The molecule has 1 heterocycles. The summed E-state index contributed by atoms with van der Waals surface area (Å²) in [4.78, 5) is 39.2. The molecule has 0 saturated carbocycles. The Morgan fingerprint density at radius 1 is 1.17 bits per heavy atom. The van der Waals surface area contributed by atoms with Crippen molar-refractivity contribution in [2.75, 3.05) is 17.2 Å². The van der Waals surface area contributed by atoms with Crippen molar-refractivity contribution >= 4 is 35.2 Å². The molecule has 0 aliphatic carbocycles. The number of thioether (sulfide) groups is 1. The number of ether oxygens (including phenoxy) is 1. The van der Waals surface area contributed by atoms with Gasteiger partial charge in [0.15, 0.2) is 6.10 Å². The van der Waals surface area contributed by atoms with Crippen LogP contribution in [-0.4, -0.2) is 36.2 Å². The number of para-hydroxylation sites is 1. The number of halogens is 1. The number of nitrogens with zero attached hydrogens (tertiary/aromatic N) is 1. The summed E-state index contributed by atoms with van der Waals surface area (Å²) in [5.41, 5.74) is 1.39. The number of esters is 1. The zero-order valence-electron chi connectivity index (χ0n) is 16.1. The van der Waals surface area contributed by atoms with Crippen molar-refractivity contribution in [3.63, 3.8) is 0 Å². The van der Waals surface area contributed by atoms with Crippen LogP contribution in [0.5, 0.6) is 0 Å². The molecule has 0 aromatic heterocycles. The monoisotopic (exact) mass is 416 g/mol. The number of amides is 2. The van der Waals surface area contributed by atoms with Crippen molar-refractivity contribution in [1.29, 1.82) is 0 Å². The predicted molar refractivity (Wildman–Crippen MR) is 108 cm³/mol. The highest BCUT2D eigenvalue weighted by molar-refractivity contribution is 8.00. The molecular formula is C21H21FN2O4S. The fourth-order valence-electron chi connectivity index (χ4n) is 2.91. The van der Waals surface area contributed by atoms with Gasteiger partial charge in [0.25, 0.3) is 5.91 Å². The second kappa shape index (κ2) is 9.09. The standard InChI is InChI=1S/C21H21FN2O4S/c1-13(15-7-9-16(22)10-8-15)23-21(27)14(2)28-20(26)11-24-17-5-3-4-6-18(17)29-12-19(24)25/h3-10,13-14H,11-12H2,1-2H3,(H,23,27). The number of nitrogens with one attached hydrogen (secondary N) is 1. The lowest BCUT2D eigenvalue weighted by Crippen LogP contribution is -2.43. The molecule has 1 aliphatic rings. The summed E-state index contributed by atoms with van der Waals surface area (Å²) in [5, 5.41) is 2.73.